The summed E-state index contributed by atoms with van der Waals surface area (Å²) in [5, 5.41) is 11.4. The molecule has 4 rings (SSSR count). The molecule has 1 aromatic heterocycles. The second-order valence-corrected chi connectivity index (χ2v) is 6.96. The van der Waals surface area contributed by atoms with E-state index in [1.54, 1.807) is 6.07 Å². The molecule has 1 aliphatic heterocycles. The first-order chi connectivity index (χ1) is 11.1. The minimum Gasteiger partial charge on any atom is -0.507 e. The zero-order valence-electron chi connectivity index (χ0n) is 13.6. The Bertz CT molecular complexity index is 808. The maximum absolute atomic E-state index is 12.3. The molecule has 1 aliphatic carbocycles. The first kappa shape index (κ1) is 14.8. The number of piperidine rings is 1. The SMILES string of the molecule is C[C@H]1CCCCN1Cc1c(O)ccc2c3c(c(=O)oc12)CCC3. The van der Waals surface area contributed by atoms with Crippen LogP contribution in [0, 0.1) is 0 Å². The van der Waals surface area contributed by atoms with Gasteiger partial charge < -0.3 is 9.52 Å². The second kappa shape index (κ2) is 5.68. The quantitative estimate of drug-likeness (QED) is 0.864. The normalized spacial score (nSPS) is 21.7. The van der Waals surface area contributed by atoms with E-state index < -0.39 is 0 Å². The van der Waals surface area contributed by atoms with E-state index in [0.29, 0.717) is 18.2 Å². The van der Waals surface area contributed by atoms with E-state index in [9.17, 15) is 9.90 Å². The number of aromatic hydroxyl groups is 1. The molecule has 2 aliphatic rings. The van der Waals surface area contributed by atoms with Gasteiger partial charge in [-0.05, 0) is 63.3 Å². The van der Waals surface area contributed by atoms with Crippen molar-refractivity contribution < 1.29 is 9.52 Å². The Morgan fingerprint density at radius 1 is 1.22 bits per heavy atom. The van der Waals surface area contributed by atoms with Gasteiger partial charge in [-0.15, -0.1) is 0 Å². The molecule has 122 valence electrons. The lowest BCUT2D eigenvalue weighted by Gasteiger charge is -2.33. The minimum absolute atomic E-state index is 0.219. The Labute approximate surface area is 135 Å². The summed E-state index contributed by atoms with van der Waals surface area (Å²) < 4.78 is 5.65. The highest BCUT2D eigenvalue weighted by Crippen LogP contribution is 2.34. The van der Waals surface area contributed by atoms with E-state index in [2.05, 4.69) is 11.8 Å². The van der Waals surface area contributed by atoms with Gasteiger partial charge in [-0.25, -0.2) is 4.79 Å². The van der Waals surface area contributed by atoms with Crippen LogP contribution in [0.1, 0.15) is 49.3 Å². The summed E-state index contributed by atoms with van der Waals surface area (Å²) in [5.74, 6) is 0.233. The van der Waals surface area contributed by atoms with Crippen LogP contribution in [-0.4, -0.2) is 22.6 Å². The summed E-state index contributed by atoms with van der Waals surface area (Å²) in [4.78, 5) is 14.7. The number of likely N-dealkylation sites (tertiary alicyclic amines) is 1. The predicted octanol–water partition coefficient (Wildman–Crippen LogP) is 3.36. The van der Waals surface area contributed by atoms with Crippen molar-refractivity contribution in [2.24, 2.45) is 0 Å². The molecule has 0 unspecified atom stereocenters. The molecule has 4 heteroatoms. The smallest absolute Gasteiger partial charge is 0.339 e. The van der Waals surface area contributed by atoms with Gasteiger partial charge in [0, 0.05) is 23.5 Å². The van der Waals surface area contributed by atoms with Crippen molar-refractivity contribution >= 4 is 11.0 Å². The van der Waals surface area contributed by atoms with Gasteiger partial charge in [0.05, 0.1) is 5.56 Å². The number of nitrogens with zero attached hydrogens (tertiary/aromatic N) is 1. The van der Waals surface area contributed by atoms with Crippen molar-refractivity contribution in [2.75, 3.05) is 6.54 Å². The van der Waals surface area contributed by atoms with E-state index in [0.717, 1.165) is 47.9 Å². The molecule has 0 amide bonds. The molecule has 0 saturated carbocycles. The average molecular weight is 313 g/mol. The molecule has 1 fully saturated rings. The summed E-state index contributed by atoms with van der Waals surface area (Å²) in [6.45, 7) is 3.91. The lowest BCUT2D eigenvalue weighted by molar-refractivity contribution is 0.151. The van der Waals surface area contributed by atoms with E-state index in [1.165, 1.54) is 19.3 Å². The van der Waals surface area contributed by atoms with Crippen LogP contribution in [0.15, 0.2) is 21.3 Å². The number of phenolic OH excluding ortho intramolecular Hbond substituents is 1. The summed E-state index contributed by atoms with van der Waals surface area (Å²) in [6.07, 6.45) is 6.40. The van der Waals surface area contributed by atoms with Crippen LogP contribution < -0.4 is 5.63 Å². The van der Waals surface area contributed by atoms with Crippen molar-refractivity contribution in [2.45, 2.75) is 58.0 Å². The molecule has 2 aromatic rings. The molecule has 1 aromatic carbocycles. The van der Waals surface area contributed by atoms with Crippen LogP contribution in [0.3, 0.4) is 0 Å². The number of hydrogen-bond acceptors (Lipinski definition) is 4. The Kier molecular flexibility index (Phi) is 3.64. The number of fused-ring (bicyclic) bond motifs is 3. The maximum atomic E-state index is 12.3. The summed E-state index contributed by atoms with van der Waals surface area (Å²) >= 11 is 0. The molecular weight excluding hydrogens is 290 g/mol. The fourth-order valence-electron chi connectivity index (χ4n) is 4.14. The van der Waals surface area contributed by atoms with Gasteiger partial charge in [0.15, 0.2) is 0 Å². The third-order valence-corrected chi connectivity index (χ3v) is 5.52. The average Bonchev–Trinajstić information content (AvgIpc) is 3.03. The largest absolute Gasteiger partial charge is 0.507 e. The molecule has 4 nitrogen and oxygen atoms in total. The molecular formula is C19H23NO3. The van der Waals surface area contributed by atoms with Crippen molar-refractivity contribution in [3.63, 3.8) is 0 Å². The topological polar surface area (TPSA) is 53.7 Å². The number of hydrogen-bond donors (Lipinski definition) is 1. The van der Waals surface area contributed by atoms with Crippen LogP contribution in [0.5, 0.6) is 5.75 Å². The van der Waals surface area contributed by atoms with E-state index in [-0.39, 0.29) is 11.4 Å². The molecule has 0 bridgehead atoms. The van der Waals surface area contributed by atoms with E-state index in [1.807, 2.05) is 6.07 Å². The molecule has 0 spiro atoms. The molecule has 23 heavy (non-hydrogen) atoms. The first-order valence-corrected chi connectivity index (χ1v) is 8.68. The Hall–Kier alpha value is -1.81. The highest BCUT2D eigenvalue weighted by Gasteiger charge is 2.25. The van der Waals surface area contributed by atoms with Crippen molar-refractivity contribution in [3.05, 3.63) is 39.2 Å². The number of benzene rings is 1. The van der Waals surface area contributed by atoms with Crippen LogP contribution in [0.25, 0.3) is 11.0 Å². The standard InChI is InChI=1S/C19H23NO3/c1-12-5-2-3-10-20(12)11-16-17(21)9-8-14-13-6-4-7-15(13)19(22)23-18(14)16/h8-9,12,21H,2-7,10-11H2,1H3/t12-/m0/s1. The zero-order chi connectivity index (χ0) is 16.0. The van der Waals surface area contributed by atoms with E-state index in [4.69, 9.17) is 4.42 Å². The van der Waals surface area contributed by atoms with Crippen molar-refractivity contribution in [1.82, 2.24) is 4.90 Å². The minimum atomic E-state index is -0.219. The van der Waals surface area contributed by atoms with Gasteiger partial charge in [0.25, 0.3) is 0 Å². The predicted molar refractivity (Wildman–Crippen MR) is 89.9 cm³/mol. The monoisotopic (exact) mass is 313 g/mol. The van der Waals surface area contributed by atoms with Crippen molar-refractivity contribution in [1.29, 1.82) is 0 Å². The molecule has 0 radical (unpaired) electrons. The summed E-state index contributed by atoms with van der Waals surface area (Å²) in [5.41, 5.74) is 3.10. The molecule has 1 atom stereocenters. The Morgan fingerprint density at radius 2 is 2.04 bits per heavy atom. The number of rotatable bonds is 2. The van der Waals surface area contributed by atoms with Gasteiger partial charge in [-0.1, -0.05) is 6.42 Å². The third-order valence-electron chi connectivity index (χ3n) is 5.52. The molecule has 1 N–H and O–H groups in total. The van der Waals surface area contributed by atoms with Crippen LogP contribution in [0.2, 0.25) is 0 Å². The lowest BCUT2D eigenvalue weighted by atomic mass is 10.00. The van der Waals surface area contributed by atoms with Gasteiger partial charge >= 0.3 is 5.63 Å². The summed E-state index contributed by atoms with van der Waals surface area (Å²) in [7, 11) is 0. The van der Waals surface area contributed by atoms with Crippen LogP contribution in [-0.2, 0) is 19.4 Å². The summed E-state index contributed by atoms with van der Waals surface area (Å²) in [6, 6.07) is 4.16. The van der Waals surface area contributed by atoms with Gasteiger partial charge in [0.1, 0.15) is 11.3 Å². The van der Waals surface area contributed by atoms with Crippen LogP contribution in [0.4, 0.5) is 0 Å². The fourth-order valence-corrected chi connectivity index (χ4v) is 4.14. The lowest BCUT2D eigenvalue weighted by Crippen LogP contribution is -2.36. The number of phenols is 1. The van der Waals surface area contributed by atoms with Gasteiger partial charge in [0.2, 0.25) is 0 Å². The highest BCUT2D eigenvalue weighted by molar-refractivity contribution is 5.86. The third kappa shape index (κ3) is 2.45. The van der Waals surface area contributed by atoms with Gasteiger partial charge in [-0.2, -0.15) is 0 Å². The first-order valence-electron chi connectivity index (χ1n) is 8.68. The Morgan fingerprint density at radius 3 is 2.87 bits per heavy atom. The van der Waals surface area contributed by atoms with Crippen molar-refractivity contribution in [3.8, 4) is 5.75 Å². The molecule has 1 saturated heterocycles. The van der Waals surface area contributed by atoms with Gasteiger partial charge in [-0.3, -0.25) is 4.90 Å². The fraction of sp³-hybridized carbons (Fsp3) is 0.526. The van der Waals surface area contributed by atoms with E-state index >= 15 is 0 Å². The maximum Gasteiger partial charge on any atom is 0.339 e. The zero-order valence-corrected chi connectivity index (χ0v) is 13.6. The second-order valence-electron chi connectivity index (χ2n) is 6.96. The Balaban J connectivity index is 1.84. The molecule has 2 heterocycles. The van der Waals surface area contributed by atoms with Crippen LogP contribution >= 0.6 is 0 Å². The number of aryl methyl sites for hydroxylation is 1. The highest BCUT2D eigenvalue weighted by atomic mass is 16.4.